The SMILES string of the molecule is C[C@@H](O)[C@H]1C(=O)N2C(C(=O)[O-])=C(S[C@@H]3CN[C@H](C(=O)N4CCN(c5cccc[n+]5C)CC4)C3)[C@H](C)[C@H]12. The molecule has 0 spiro atoms. The van der Waals surface area contributed by atoms with Gasteiger partial charge in [0, 0.05) is 28.7 Å². The third-order valence-electron chi connectivity index (χ3n) is 7.93. The Morgan fingerprint density at radius 1 is 1.25 bits per heavy atom. The molecule has 0 unspecified atom stereocenters. The van der Waals surface area contributed by atoms with Crippen LogP contribution in [0.15, 0.2) is 35.0 Å². The molecule has 2 amide bonds. The number of aromatic nitrogens is 1. The number of pyridine rings is 1. The molecule has 2 N–H and O–H groups in total. The molecule has 3 fully saturated rings. The predicted molar refractivity (Wildman–Crippen MR) is 131 cm³/mol. The van der Waals surface area contributed by atoms with Gasteiger partial charge in [0.05, 0.1) is 62.1 Å². The molecule has 5 heterocycles. The quantitative estimate of drug-likeness (QED) is 0.345. The van der Waals surface area contributed by atoms with Crippen LogP contribution in [0.2, 0.25) is 0 Å². The molecule has 0 aromatic carbocycles. The first-order valence-corrected chi connectivity index (χ1v) is 13.4. The van der Waals surface area contributed by atoms with Gasteiger partial charge in [0.25, 0.3) is 5.82 Å². The second-order valence-corrected chi connectivity index (χ2v) is 11.5. The van der Waals surface area contributed by atoms with Crippen molar-refractivity contribution in [1.29, 1.82) is 0 Å². The molecule has 6 atom stereocenters. The molecule has 3 saturated heterocycles. The Morgan fingerprint density at radius 2 is 1.97 bits per heavy atom. The minimum atomic E-state index is -1.37. The van der Waals surface area contributed by atoms with E-state index in [4.69, 9.17) is 0 Å². The van der Waals surface area contributed by atoms with Gasteiger partial charge < -0.3 is 30.1 Å². The smallest absolute Gasteiger partial charge is 0.276 e. The number of β-lactam (4-membered cyclic amide) rings is 1. The maximum Gasteiger partial charge on any atom is 0.276 e. The summed E-state index contributed by atoms with van der Waals surface area (Å²) in [5.41, 5.74) is -0.0700. The number of carboxylic acid groups (broad SMARTS) is 1. The second-order valence-electron chi connectivity index (χ2n) is 10.2. The van der Waals surface area contributed by atoms with Gasteiger partial charge in [-0.1, -0.05) is 13.0 Å². The van der Waals surface area contributed by atoms with Crippen molar-refractivity contribution in [3.05, 3.63) is 35.0 Å². The number of fused-ring (bicyclic) bond motifs is 1. The standard InChI is InChI=1S/C25H33N5O5S/c1-14-20-19(15(2)31)24(33)30(20)21(25(34)35)22(14)36-16-12-17(26-13-16)23(32)29-10-8-28(9-11-29)18-6-4-5-7-27(18)3/h4-7,14-17,19-20,26,31H,8-13H2,1-3H3/t14-,15-,16+,17+,19-,20-/m1/s1. The van der Waals surface area contributed by atoms with E-state index < -0.39 is 18.0 Å². The van der Waals surface area contributed by atoms with Crippen molar-refractivity contribution in [1.82, 2.24) is 15.1 Å². The number of carboxylic acids is 1. The van der Waals surface area contributed by atoms with Crippen LogP contribution < -0.4 is 19.9 Å². The summed E-state index contributed by atoms with van der Waals surface area (Å²) in [5.74, 6) is -1.33. The topological polar surface area (TPSA) is 120 Å². The summed E-state index contributed by atoms with van der Waals surface area (Å²) in [4.78, 5) is 43.8. The van der Waals surface area contributed by atoms with Gasteiger partial charge >= 0.3 is 0 Å². The van der Waals surface area contributed by atoms with Crippen LogP contribution in [0.3, 0.4) is 0 Å². The third kappa shape index (κ3) is 4.16. The summed E-state index contributed by atoms with van der Waals surface area (Å²) in [6, 6.07) is 5.42. The monoisotopic (exact) mass is 515 g/mol. The number of carbonyl (C=O) groups excluding carboxylic acids is 3. The Balaban J connectivity index is 1.20. The largest absolute Gasteiger partial charge is 0.543 e. The van der Waals surface area contributed by atoms with Crippen molar-refractivity contribution in [3.63, 3.8) is 0 Å². The molecule has 10 nitrogen and oxygen atoms in total. The highest BCUT2D eigenvalue weighted by molar-refractivity contribution is 8.03. The Bertz CT molecular complexity index is 1100. The van der Waals surface area contributed by atoms with Crippen LogP contribution in [0.25, 0.3) is 0 Å². The second kappa shape index (κ2) is 9.68. The van der Waals surface area contributed by atoms with Gasteiger partial charge in [0.15, 0.2) is 0 Å². The van der Waals surface area contributed by atoms with E-state index in [9.17, 15) is 24.6 Å². The van der Waals surface area contributed by atoms with E-state index in [0.29, 0.717) is 31.0 Å². The normalized spacial score (nSPS) is 30.9. The number of nitrogens with zero attached hydrogens (tertiary/aromatic N) is 4. The fourth-order valence-corrected chi connectivity index (χ4v) is 7.52. The van der Waals surface area contributed by atoms with Gasteiger partial charge in [-0.25, -0.2) is 4.57 Å². The Kier molecular flexibility index (Phi) is 6.73. The molecule has 194 valence electrons. The molecule has 11 heteroatoms. The fourth-order valence-electron chi connectivity index (χ4n) is 6.05. The molecular weight excluding hydrogens is 482 g/mol. The molecular formula is C25H33N5O5S. The van der Waals surface area contributed by atoms with Crippen LogP contribution in [0, 0.1) is 11.8 Å². The van der Waals surface area contributed by atoms with Crippen LogP contribution >= 0.6 is 11.8 Å². The van der Waals surface area contributed by atoms with Gasteiger partial charge in [-0.2, -0.15) is 0 Å². The Morgan fingerprint density at radius 3 is 2.61 bits per heavy atom. The van der Waals surface area contributed by atoms with Crippen molar-refractivity contribution in [2.24, 2.45) is 18.9 Å². The lowest BCUT2D eigenvalue weighted by Gasteiger charge is -2.47. The number of aliphatic hydroxyl groups is 1. The lowest BCUT2D eigenvalue weighted by Crippen LogP contribution is -2.64. The Hall–Kier alpha value is -2.63. The number of hydrogen-bond donors (Lipinski definition) is 2. The van der Waals surface area contributed by atoms with Crippen molar-refractivity contribution in [2.75, 3.05) is 37.6 Å². The zero-order valence-corrected chi connectivity index (χ0v) is 21.6. The number of piperazine rings is 1. The van der Waals surface area contributed by atoms with E-state index in [1.165, 1.54) is 16.7 Å². The van der Waals surface area contributed by atoms with Crippen LogP contribution in [0.1, 0.15) is 20.3 Å². The van der Waals surface area contributed by atoms with Crippen LogP contribution in [-0.4, -0.2) is 88.9 Å². The van der Waals surface area contributed by atoms with Gasteiger partial charge in [-0.05, 0) is 19.4 Å². The van der Waals surface area contributed by atoms with Gasteiger partial charge in [-0.3, -0.25) is 14.5 Å². The van der Waals surface area contributed by atoms with Gasteiger partial charge in [0.1, 0.15) is 13.1 Å². The molecule has 4 aliphatic heterocycles. The lowest BCUT2D eigenvalue weighted by atomic mass is 9.79. The van der Waals surface area contributed by atoms with E-state index >= 15 is 0 Å². The molecule has 1 aromatic rings. The molecule has 1 aromatic heterocycles. The van der Waals surface area contributed by atoms with E-state index in [1.54, 1.807) is 6.92 Å². The highest BCUT2D eigenvalue weighted by Crippen LogP contribution is 2.51. The Labute approximate surface area is 214 Å². The van der Waals surface area contributed by atoms with Crippen molar-refractivity contribution < 1.29 is 29.2 Å². The molecule has 4 aliphatic rings. The van der Waals surface area contributed by atoms with Crippen molar-refractivity contribution in [3.8, 4) is 0 Å². The number of aliphatic carboxylic acids is 1. The first kappa shape index (κ1) is 25.0. The maximum atomic E-state index is 13.2. The summed E-state index contributed by atoms with van der Waals surface area (Å²) in [6.45, 7) is 6.88. The summed E-state index contributed by atoms with van der Waals surface area (Å²) >= 11 is 1.43. The number of carbonyl (C=O) groups is 3. The number of rotatable bonds is 6. The van der Waals surface area contributed by atoms with Crippen molar-refractivity contribution in [2.45, 2.75) is 43.7 Å². The first-order valence-electron chi connectivity index (χ1n) is 12.5. The lowest BCUT2D eigenvalue weighted by molar-refractivity contribution is -0.659. The number of nitrogens with one attached hydrogen (secondary N) is 1. The number of aryl methyl sites for hydroxylation is 1. The molecule has 0 aliphatic carbocycles. The molecule has 5 rings (SSSR count). The summed E-state index contributed by atoms with van der Waals surface area (Å²) in [7, 11) is 2.02. The van der Waals surface area contributed by atoms with E-state index in [-0.39, 0.29) is 40.8 Å². The summed E-state index contributed by atoms with van der Waals surface area (Å²) in [5, 5.41) is 25.3. The van der Waals surface area contributed by atoms with E-state index in [2.05, 4.69) is 20.9 Å². The minimum absolute atomic E-state index is 0.00853. The average molecular weight is 516 g/mol. The van der Waals surface area contributed by atoms with Crippen molar-refractivity contribution >= 4 is 35.4 Å². The van der Waals surface area contributed by atoms with Crippen LogP contribution in [0.5, 0.6) is 0 Å². The summed E-state index contributed by atoms with van der Waals surface area (Å²) < 4.78 is 2.08. The van der Waals surface area contributed by atoms with E-state index in [0.717, 1.165) is 18.9 Å². The molecule has 0 saturated carbocycles. The zero-order chi connectivity index (χ0) is 25.7. The predicted octanol–water partition coefficient (Wildman–Crippen LogP) is -1.56. The number of anilines is 1. The fraction of sp³-hybridized carbons (Fsp3) is 0.600. The number of hydrogen-bond acceptors (Lipinski definition) is 8. The summed E-state index contributed by atoms with van der Waals surface area (Å²) in [6.07, 6.45) is 1.77. The highest BCUT2D eigenvalue weighted by atomic mass is 32.2. The molecule has 0 radical (unpaired) electrons. The molecule has 36 heavy (non-hydrogen) atoms. The number of aliphatic hydroxyl groups excluding tert-OH is 1. The minimum Gasteiger partial charge on any atom is -0.543 e. The third-order valence-corrected chi connectivity index (χ3v) is 9.44. The maximum absolute atomic E-state index is 13.2. The van der Waals surface area contributed by atoms with Gasteiger partial charge in [-0.15, -0.1) is 11.8 Å². The highest BCUT2D eigenvalue weighted by Gasteiger charge is 2.59. The first-order chi connectivity index (χ1) is 17.2. The molecule has 0 bridgehead atoms. The van der Waals surface area contributed by atoms with Crippen LogP contribution in [-0.2, 0) is 21.4 Å². The average Bonchev–Trinajstić information content (AvgIpc) is 3.41. The van der Waals surface area contributed by atoms with E-state index in [1.807, 2.05) is 37.2 Å². The number of amides is 2. The van der Waals surface area contributed by atoms with Crippen LogP contribution in [0.4, 0.5) is 5.82 Å². The zero-order valence-electron chi connectivity index (χ0n) is 20.8. The van der Waals surface area contributed by atoms with Gasteiger partial charge in [0.2, 0.25) is 11.8 Å². The number of thioether (sulfide) groups is 1.